The first-order valence-corrected chi connectivity index (χ1v) is 19.6. The lowest BCUT2D eigenvalue weighted by atomic mass is 9.91. The van der Waals surface area contributed by atoms with Crippen molar-refractivity contribution >= 4 is 43.8 Å². The van der Waals surface area contributed by atoms with Gasteiger partial charge in [-0.25, -0.2) is 0 Å². The van der Waals surface area contributed by atoms with Gasteiger partial charge < -0.3 is 39.4 Å². The molecule has 2 aliphatic carbocycles. The molecular weight excluding hydrogens is 856 g/mol. The molecule has 6 N–H and O–H groups in total. The summed E-state index contributed by atoms with van der Waals surface area (Å²) >= 11 is 7.16. The monoisotopic (exact) mass is 898 g/mol. The SMILES string of the molecule is COc1nc(O[C@H]2CCc3c(-c4cccc5c4CC[C@@H]5Oc4nc(OC)c(CN[C@@](C)(CO)C(=O)O)cc4Br)cccc32)c(Br)cc1CN[C@@](C)(CO)C(=O)O. The van der Waals surface area contributed by atoms with E-state index in [9.17, 15) is 30.0 Å². The van der Waals surface area contributed by atoms with Crippen molar-refractivity contribution in [3.05, 3.63) is 90.9 Å². The summed E-state index contributed by atoms with van der Waals surface area (Å²) in [4.78, 5) is 32.6. The highest BCUT2D eigenvalue weighted by molar-refractivity contribution is 9.10. The van der Waals surface area contributed by atoms with Crippen LogP contribution in [0, 0.1) is 0 Å². The molecule has 0 saturated heterocycles. The lowest BCUT2D eigenvalue weighted by Crippen LogP contribution is -2.52. The van der Waals surface area contributed by atoms with Crippen LogP contribution in [0.15, 0.2) is 57.5 Å². The third-order valence-electron chi connectivity index (χ3n) is 10.5. The predicted molar refractivity (Wildman–Crippen MR) is 212 cm³/mol. The third-order valence-corrected chi connectivity index (χ3v) is 11.6. The molecule has 0 amide bonds. The van der Waals surface area contributed by atoms with Crippen LogP contribution in [0.2, 0.25) is 0 Å². The zero-order valence-corrected chi connectivity index (χ0v) is 34.5. The summed E-state index contributed by atoms with van der Waals surface area (Å²) < 4.78 is 25.3. The summed E-state index contributed by atoms with van der Waals surface area (Å²) in [7, 11) is 2.97. The number of carbonyl (C=O) groups is 2. The van der Waals surface area contributed by atoms with Gasteiger partial charge in [0.1, 0.15) is 23.3 Å². The molecule has 2 aromatic heterocycles. The van der Waals surface area contributed by atoms with Crippen LogP contribution in [0.5, 0.6) is 23.5 Å². The number of carboxylic acids is 2. The normalized spacial score (nSPS) is 18.0. The molecule has 14 nitrogen and oxygen atoms in total. The first-order valence-electron chi connectivity index (χ1n) is 18.0. The van der Waals surface area contributed by atoms with E-state index in [2.05, 4.69) is 76.7 Å². The topological polar surface area (TPSA) is 202 Å². The molecule has 2 aliphatic rings. The number of methoxy groups -OCH3 is 2. The molecule has 0 bridgehead atoms. The van der Waals surface area contributed by atoms with Crippen molar-refractivity contribution in [2.45, 2.75) is 75.9 Å². The second kappa shape index (κ2) is 17.0. The van der Waals surface area contributed by atoms with E-state index in [0.29, 0.717) is 31.8 Å². The number of aliphatic carboxylic acids is 2. The van der Waals surface area contributed by atoms with Crippen LogP contribution in [0.3, 0.4) is 0 Å². The van der Waals surface area contributed by atoms with E-state index in [4.69, 9.17) is 18.9 Å². The van der Waals surface area contributed by atoms with Gasteiger partial charge in [-0.05, 0) is 117 Å². The number of nitrogens with zero attached hydrogens (tertiary/aromatic N) is 2. The highest BCUT2D eigenvalue weighted by Gasteiger charge is 2.35. The van der Waals surface area contributed by atoms with Gasteiger partial charge in [0.2, 0.25) is 23.5 Å². The molecule has 0 spiro atoms. The van der Waals surface area contributed by atoms with Crippen LogP contribution in [-0.2, 0) is 35.5 Å². The molecule has 0 fully saturated rings. The van der Waals surface area contributed by atoms with Crippen LogP contribution >= 0.6 is 31.9 Å². The molecule has 2 heterocycles. The van der Waals surface area contributed by atoms with Gasteiger partial charge >= 0.3 is 11.9 Å². The van der Waals surface area contributed by atoms with E-state index >= 15 is 0 Å². The van der Waals surface area contributed by atoms with E-state index in [1.165, 1.54) is 39.2 Å². The minimum Gasteiger partial charge on any atom is -0.481 e. The molecule has 16 heteroatoms. The fraction of sp³-hybridized carbons (Fsp3) is 0.400. The Morgan fingerprint density at radius 3 is 1.45 bits per heavy atom. The first-order chi connectivity index (χ1) is 26.7. The number of aromatic nitrogens is 2. The molecule has 0 saturated carbocycles. The minimum absolute atomic E-state index is 0.0924. The average molecular weight is 901 g/mol. The smallest absolute Gasteiger partial charge is 0.326 e. The number of hydrogen-bond acceptors (Lipinski definition) is 12. The Bertz CT molecular complexity index is 1990. The molecule has 2 aromatic carbocycles. The maximum Gasteiger partial charge on any atom is 0.326 e. The highest BCUT2D eigenvalue weighted by atomic mass is 79.9. The van der Waals surface area contributed by atoms with Gasteiger partial charge in [-0.15, -0.1) is 0 Å². The summed E-state index contributed by atoms with van der Waals surface area (Å²) in [5.41, 5.74) is 4.95. The van der Waals surface area contributed by atoms with Crippen LogP contribution in [0.4, 0.5) is 0 Å². The number of pyridine rings is 2. The van der Waals surface area contributed by atoms with Crippen molar-refractivity contribution in [2.24, 2.45) is 0 Å². The average Bonchev–Trinajstić information content (AvgIpc) is 3.81. The molecule has 6 rings (SSSR count). The van der Waals surface area contributed by atoms with Crippen molar-refractivity contribution < 1.29 is 49.0 Å². The van der Waals surface area contributed by atoms with Gasteiger partial charge in [-0.3, -0.25) is 20.2 Å². The zero-order chi connectivity index (χ0) is 40.4. The molecule has 298 valence electrons. The number of aliphatic hydroxyl groups is 2. The summed E-state index contributed by atoms with van der Waals surface area (Å²) in [5.74, 6) is -1.09. The predicted octanol–water partition coefficient (Wildman–Crippen LogP) is 5.67. The Hall–Kier alpha value is -4.32. The Labute approximate surface area is 340 Å². The Balaban J connectivity index is 1.21. The third kappa shape index (κ3) is 8.22. The number of rotatable bonds is 17. The summed E-state index contributed by atoms with van der Waals surface area (Å²) in [5, 5.41) is 44.1. The first kappa shape index (κ1) is 41.3. The van der Waals surface area contributed by atoms with Crippen molar-refractivity contribution in [1.29, 1.82) is 0 Å². The number of benzene rings is 2. The summed E-state index contributed by atoms with van der Waals surface area (Å²) in [6.07, 6.45) is 2.54. The van der Waals surface area contributed by atoms with Crippen molar-refractivity contribution in [3.63, 3.8) is 0 Å². The number of nitrogens with one attached hydrogen (secondary N) is 2. The molecule has 4 aromatic rings. The summed E-state index contributed by atoms with van der Waals surface area (Å²) in [6.45, 7) is 1.82. The number of aliphatic hydroxyl groups excluding tert-OH is 2. The second-order valence-electron chi connectivity index (χ2n) is 14.2. The Morgan fingerprint density at radius 1 is 0.714 bits per heavy atom. The fourth-order valence-electron chi connectivity index (χ4n) is 6.99. The summed E-state index contributed by atoms with van der Waals surface area (Å²) in [6, 6.07) is 16.1. The van der Waals surface area contributed by atoms with E-state index in [-0.39, 0.29) is 37.1 Å². The van der Waals surface area contributed by atoms with E-state index in [0.717, 1.165) is 47.9 Å². The van der Waals surface area contributed by atoms with E-state index in [1.54, 1.807) is 12.1 Å². The van der Waals surface area contributed by atoms with Crippen molar-refractivity contribution in [1.82, 2.24) is 20.6 Å². The molecule has 4 atom stereocenters. The van der Waals surface area contributed by atoms with E-state index < -0.39 is 36.2 Å². The quantitative estimate of drug-likeness (QED) is 0.0757. The van der Waals surface area contributed by atoms with Gasteiger partial charge in [0.05, 0.1) is 36.4 Å². The van der Waals surface area contributed by atoms with Crippen LogP contribution in [-0.4, -0.2) is 80.8 Å². The lowest BCUT2D eigenvalue weighted by Gasteiger charge is -2.24. The van der Waals surface area contributed by atoms with Gasteiger partial charge in [-0.2, -0.15) is 9.97 Å². The molecular formula is C40H44Br2N4O10. The zero-order valence-electron chi connectivity index (χ0n) is 31.3. The van der Waals surface area contributed by atoms with E-state index in [1.807, 2.05) is 12.1 Å². The number of halogens is 2. The number of carboxylic acid groups (broad SMARTS) is 2. The van der Waals surface area contributed by atoms with Crippen LogP contribution < -0.4 is 29.6 Å². The Morgan fingerprint density at radius 2 is 1.11 bits per heavy atom. The van der Waals surface area contributed by atoms with Gasteiger partial charge in [0, 0.05) is 24.2 Å². The van der Waals surface area contributed by atoms with Crippen LogP contribution in [0.1, 0.15) is 72.3 Å². The second-order valence-corrected chi connectivity index (χ2v) is 15.9. The molecule has 0 radical (unpaired) electrons. The minimum atomic E-state index is -1.53. The van der Waals surface area contributed by atoms with Crippen LogP contribution in [0.25, 0.3) is 11.1 Å². The van der Waals surface area contributed by atoms with Gasteiger partial charge in [0.15, 0.2) is 0 Å². The maximum atomic E-state index is 11.7. The molecule has 0 unspecified atom stereocenters. The van der Waals surface area contributed by atoms with Crippen molar-refractivity contribution in [3.8, 4) is 34.6 Å². The number of hydrogen-bond donors (Lipinski definition) is 6. The van der Waals surface area contributed by atoms with Crippen molar-refractivity contribution in [2.75, 3.05) is 27.4 Å². The lowest BCUT2D eigenvalue weighted by molar-refractivity contribution is -0.146. The standard InChI is InChI=1S/C40H44Br2N4O10/c1-39(19-47,37(49)50)43-17-21-15-29(41)35(45-33(21)53-3)55-31-13-11-25-23(7-5-9-27(25)31)24-8-6-10-28-26(24)12-14-32(28)56-36-30(42)16-22(34(46-36)54-4)18-44-40(2,20-48)38(51)52/h5-10,15-16,31-32,43-44,47-48H,11-14,17-20H2,1-4H3,(H,49,50)(H,51,52)/t31-,32-,39-,40-/m0/s1. The fourth-order valence-corrected chi connectivity index (χ4v) is 7.91. The maximum absolute atomic E-state index is 11.7. The number of ether oxygens (including phenoxy) is 4. The van der Waals surface area contributed by atoms with Gasteiger partial charge in [0.25, 0.3) is 0 Å². The highest BCUT2D eigenvalue weighted by Crippen LogP contribution is 2.46. The Kier molecular flexibility index (Phi) is 12.6. The molecule has 56 heavy (non-hydrogen) atoms. The largest absolute Gasteiger partial charge is 0.481 e. The van der Waals surface area contributed by atoms with Gasteiger partial charge in [-0.1, -0.05) is 36.4 Å². The molecule has 0 aliphatic heterocycles. The number of fused-ring (bicyclic) bond motifs is 2.